The highest BCUT2D eigenvalue weighted by atomic mass is 16.3. The minimum atomic E-state index is 0.664. The molecule has 0 N–H and O–H groups in total. The van der Waals surface area contributed by atoms with Crippen LogP contribution in [0, 0.1) is 18.3 Å². The van der Waals surface area contributed by atoms with Crippen molar-refractivity contribution >= 4 is 21.9 Å². The molecule has 0 fully saturated rings. The smallest absolute Gasteiger partial charge is 0.144 e. The SMILES string of the molecule is Cc1c(C#N)cc2c(oc3c(-c4ccccn4)cccc32)c1-c1ccccc1. The van der Waals surface area contributed by atoms with Crippen molar-refractivity contribution in [1.29, 1.82) is 5.26 Å². The van der Waals surface area contributed by atoms with E-state index in [0.29, 0.717) is 5.56 Å². The van der Waals surface area contributed by atoms with Crippen molar-refractivity contribution in [3.63, 3.8) is 0 Å². The lowest BCUT2D eigenvalue weighted by molar-refractivity contribution is 0.670. The fourth-order valence-corrected chi connectivity index (χ4v) is 3.82. The third kappa shape index (κ3) is 2.39. The molecule has 28 heavy (non-hydrogen) atoms. The summed E-state index contributed by atoms with van der Waals surface area (Å²) in [4.78, 5) is 4.49. The monoisotopic (exact) mass is 360 g/mol. The summed E-state index contributed by atoms with van der Waals surface area (Å²) in [5.41, 5.74) is 7.02. The maximum absolute atomic E-state index is 9.70. The van der Waals surface area contributed by atoms with Crippen molar-refractivity contribution in [2.75, 3.05) is 0 Å². The van der Waals surface area contributed by atoms with Crippen LogP contribution < -0.4 is 0 Å². The quantitative estimate of drug-likeness (QED) is 0.361. The molecular weight excluding hydrogens is 344 g/mol. The fourth-order valence-electron chi connectivity index (χ4n) is 3.82. The summed E-state index contributed by atoms with van der Waals surface area (Å²) in [5.74, 6) is 0. The van der Waals surface area contributed by atoms with Gasteiger partial charge in [-0.2, -0.15) is 5.26 Å². The van der Waals surface area contributed by atoms with Gasteiger partial charge in [0.2, 0.25) is 0 Å². The Labute approximate surface area is 162 Å². The van der Waals surface area contributed by atoms with E-state index >= 15 is 0 Å². The normalized spacial score (nSPS) is 11.0. The standard InChI is InChI=1S/C25H16N2O/c1-16-18(15-26)14-21-19-10-7-11-20(22-12-5-6-13-27-22)24(19)28-25(21)23(16)17-8-3-2-4-9-17/h2-14H,1H3. The molecule has 0 radical (unpaired) electrons. The Morgan fingerprint density at radius 2 is 1.68 bits per heavy atom. The summed E-state index contributed by atoms with van der Waals surface area (Å²) in [7, 11) is 0. The zero-order valence-electron chi connectivity index (χ0n) is 15.3. The van der Waals surface area contributed by atoms with Crippen LogP contribution in [0.3, 0.4) is 0 Å². The molecule has 0 bridgehead atoms. The highest BCUT2D eigenvalue weighted by molar-refractivity contribution is 6.13. The second-order valence-corrected chi connectivity index (χ2v) is 6.78. The van der Waals surface area contributed by atoms with E-state index in [9.17, 15) is 5.26 Å². The number of para-hydroxylation sites is 1. The predicted molar refractivity (Wildman–Crippen MR) is 112 cm³/mol. The summed E-state index contributed by atoms with van der Waals surface area (Å²) in [6.07, 6.45) is 1.78. The van der Waals surface area contributed by atoms with Crippen molar-refractivity contribution in [3.8, 4) is 28.5 Å². The first-order valence-corrected chi connectivity index (χ1v) is 9.13. The first-order chi connectivity index (χ1) is 13.8. The van der Waals surface area contributed by atoms with Gasteiger partial charge in [0.1, 0.15) is 11.2 Å². The largest absolute Gasteiger partial charge is 0.455 e. The number of pyridine rings is 1. The molecule has 0 amide bonds. The van der Waals surface area contributed by atoms with Crippen LogP contribution in [-0.2, 0) is 0 Å². The van der Waals surface area contributed by atoms with Crippen LogP contribution in [0.2, 0.25) is 0 Å². The van der Waals surface area contributed by atoms with Gasteiger partial charge in [0, 0.05) is 28.1 Å². The van der Waals surface area contributed by atoms with E-state index in [1.165, 1.54) is 0 Å². The van der Waals surface area contributed by atoms with Gasteiger partial charge in [-0.05, 0) is 42.3 Å². The first kappa shape index (κ1) is 16.3. The summed E-state index contributed by atoms with van der Waals surface area (Å²) in [6, 6.07) is 26.3. The molecule has 132 valence electrons. The molecule has 3 heteroatoms. The average Bonchev–Trinajstić information content (AvgIpc) is 3.12. The number of hydrogen-bond donors (Lipinski definition) is 0. The highest BCUT2D eigenvalue weighted by Gasteiger charge is 2.19. The number of benzene rings is 3. The lowest BCUT2D eigenvalue weighted by Crippen LogP contribution is -1.89. The van der Waals surface area contributed by atoms with Crippen molar-refractivity contribution in [2.45, 2.75) is 6.92 Å². The van der Waals surface area contributed by atoms with Gasteiger partial charge < -0.3 is 4.42 Å². The maximum Gasteiger partial charge on any atom is 0.144 e. The molecule has 0 saturated heterocycles. The maximum atomic E-state index is 9.70. The van der Waals surface area contributed by atoms with Gasteiger partial charge in [0.05, 0.1) is 17.3 Å². The van der Waals surface area contributed by atoms with Crippen LogP contribution in [0.4, 0.5) is 0 Å². The molecule has 0 unspecified atom stereocenters. The van der Waals surface area contributed by atoms with Crippen LogP contribution in [0.25, 0.3) is 44.3 Å². The molecule has 0 aliphatic carbocycles. The molecular formula is C25H16N2O. The van der Waals surface area contributed by atoms with E-state index in [1.54, 1.807) is 6.20 Å². The minimum absolute atomic E-state index is 0.664. The summed E-state index contributed by atoms with van der Waals surface area (Å²) >= 11 is 0. The molecule has 0 spiro atoms. The molecule has 2 heterocycles. The molecule has 0 atom stereocenters. The van der Waals surface area contributed by atoms with Crippen molar-refractivity contribution < 1.29 is 4.42 Å². The third-order valence-electron chi connectivity index (χ3n) is 5.17. The van der Waals surface area contributed by atoms with Crippen LogP contribution in [0.1, 0.15) is 11.1 Å². The van der Waals surface area contributed by atoms with Gasteiger partial charge in [-0.1, -0.05) is 48.5 Å². The van der Waals surface area contributed by atoms with E-state index in [-0.39, 0.29) is 0 Å². The lowest BCUT2D eigenvalue weighted by atomic mass is 9.93. The lowest BCUT2D eigenvalue weighted by Gasteiger charge is -2.08. The first-order valence-electron chi connectivity index (χ1n) is 9.13. The van der Waals surface area contributed by atoms with E-state index in [2.05, 4.69) is 23.2 Å². The molecule has 3 aromatic carbocycles. The van der Waals surface area contributed by atoms with E-state index < -0.39 is 0 Å². The summed E-state index contributed by atoms with van der Waals surface area (Å²) in [6.45, 7) is 1.98. The second kappa shape index (κ2) is 6.37. The second-order valence-electron chi connectivity index (χ2n) is 6.78. The average molecular weight is 360 g/mol. The summed E-state index contributed by atoms with van der Waals surface area (Å²) < 4.78 is 6.45. The van der Waals surface area contributed by atoms with E-state index in [0.717, 1.165) is 49.9 Å². The zero-order chi connectivity index (χ0) is 19.1. The topological polar surface area (TPSA) is 49.8 Å². The number of rotatable bonds is 2. The summed E-state index contributed by atoms with van der Waals surface area (Å²) in [5, 5.41) is 11.6. The van der Waals surface area contributed by atoms with Crippen LogP contribution in [0.15, 0.2) is 83.4 Å². The fraction of sp³-hybridized carbons (Fsp3) is 0.0400. The Bertz CT molecular complexity index is 1360. The highest BCUT2D eigenvalue weighted by Crippen LogP contribution is 2.41. The van der Waals surface area contributed by atoms with Gasteiger partial charge in [0.25, 0.3) is 0 Å². The Morgan fingerprint density at radius 1 is 0.857 bits per heavy atom. The predicted octanol–water partition coefficient (Wildman–Crippen LogP) is 6.50. The Hall–Kier alpha value is -3.90. The molecule has 0 aliphatic heterocycles. The molecule has 3 nitrogen and oxygen atoms in total. The van der Waals surface area contributed by atoms with Crippen molar-refractivity contribution in [3.05, 3.63) is 90.1 Å². The number of nitriles is 1. The number of hydrogen-bond acceptors (Lipinski definition) is 3. The Morgan fingerprint density at radius 3 is 2.43 bits per heavy atom. The Balaban J connectivity index is 1.93. The number of nitrogens with zero attached hydrogens (tertiary/aromatic N) is 2. The molecule has 0 saturated carbocycles. The van der Waals surface area contributed by atoms with Gasteiger partial charge in [0.15, 0.2) is 0 Å². The zero-order valence-corrected chi connectivity index (χ0v) is 15.3. The number of fused-ring (bicyclic) bond motifs is 3. The molecule has 2 aromatic heterocycles. The van der Waals surface area contributed by atoms with Gasteiger partial charge >= 0.3 is 0 Å². The van der Waals surface area contributed by atoms with Crippen LogP contribution >= 0.6 is 0 Å². The van der Waals surface area contributed by atoms with E-state index in [1.807, 2.05) is 67.6 Å². The number of aromatic nitrogens is 1. The van der Waals surface area contributed by atoms with Crippen LogP contribution in [0.5, 0.6) is 0 Å². The molecule has 0 aliphatic rings. The van der Waals surface area contributed by atoms with Gasteiger partial charge in [-0.3, -0.25) is 4.98 Å². The van der Waals surface area contributed by atoms with E-state index in [4.69, 9.17) is 4.42 Å². The molecule has 5 rings (SSSR count). The van der Waals surface area contributed by atoms with Crippen molar-refractivity contribution in [2.24, 2.45) is 0 Å². The minimum Gasteiger partial charge on any atom is -0.455 e. The van der Waals surface area contributed by atoms with Gasteiger partial charge in [-0.15, -0.1) is 0 Å². The number of furan rings is 1. The Kier molecular flexibility index (Phi) is 3.70. The van der Waals surface area contributed by atoms with Gasteiger partial charge in [-0.25, -0.2) is 0 Å². The van der Waals surface area contributed by atoms with Crippen molar-refractivity contribution in [1.82, 2.24) is 4.98 Å². The third-order valence-corrected chi connectivity index (χ3v) is 5.17. The molecule has 5 aromatic rings. The van der Waals surface area contributed by atoms with Crippen LogP contribution in [-0.4, -0.2) is 4.98 Å².